The van der Waals surface area contributed by atoms with Crippen molar-refractivity contribution >= 4 is 34.0 Å². The summed E-state index contributed by atoms with van der Waals surface area (Å²) in [4.78, 5) is 31.1. The lowest BCUT2D eigenvalue weighted by Gasteiger charge is -2.26. The molecule has 0 bridgehead atoms. The average molecular weight is 359 g/mol. The van der Waals surface area contributed by atoms with Crippen LogP contribution in [0.3, 0.4) is 0 Å². The van der Waals surface area contributed by atoms with Crippen LogP contribution in [0.1, 0.15) is 25.6 Å². The highest BCUT2D eigenvalue weighted by molar-refractivity contribution is 7.16. The Morgan fingerprint density at radius 1 is 1.44 bits per heavy atom. The highest BCUT2D eigenvalue weighted by atomic mass is 32.1. The Kier molecular flexibility index (Phi) is 4.76. The number of likely N-dealkylation sites (N-methyl/N-ethyl adjacent to an activating group) is 1. The van der Waals surface area contributed by atoms with E-state index in [0.29, 0.717) is 10.9 Å². The first-order chi connectivity index (χ1) is 11.9. The van der Waals surface area contributed by atoms with Gasteiger partial charge in [0.15, 0.2) is 11.7 Å². The van der Waals surface area contributed by atoms with Gasteiger partial charge in [-0.1, -0.05) is 20.8 Å². The van der Waals surface area contributed by atoms with Crippen LogP contribution in [0.25, 0.3) is 11.3 Å². The fourth-order valence-corrected chi connectivity index (χ4v) is 3.47. The number of nitrogens with one attached hydrogen (secondary N) is 1. The molecular formula is C18H21N3O3S. The molecule has 2 heterocycles. The van der Waals surface area contributed by atoms with Crippen molar-refractivity contribution in [2.45, 2.75) is 27.2 Å². The zero-order valence-electron chi connectivity index (χ0n) is 14.8. The zero-order valence-corrected chi connectivity index (χ0v) is 15.6. The van der Waals surface area contributed by atoms with Crippen LogP contribution in [0.15, 0.2) is 18.2 Å². The number of anilines is 2. The van der Waals surface area contributed by atoms with Gasteiger partial charge in [0.25, 0.3) is 5.91 Å². The van der Waals surface area contributed by atoms with E-state index in [1.807, 2.05) is 32.0 Å². The maximum atomic E-state index is 11.9. The molecule has 132 valence electrons. The molecule has 2 aromatic rings. The first-order valence-corrected chi connectivity index (χ1v) is 9.06. The first-order valence-electron chi connectivity index (χ1n) is 8.25. The Bertz CT molecular complexity index is 829. The van der Waals surface area contributed by atoms with E-state index in [-0.39, 0.29) is 24.3 Å². The minimum atomic E-state index is -0.0991. The van der Waals surface area contributed by atoms with Crippen molar-refractivity contribution in [3.05, 3.63) is 23.1 Å². The predicted octanol–water partition coefficient (Wildman–Crippen LogP) is 3.32. The lowest BCUT2D eigenvalue weighted by Crippen LogP contribution is -2.35. The highest BCUT2D eigenvalue weighted by Crippen LogP contribution is 2.38. The summed E-state index contributed by atoms with van der Waals surface area (Å²) in [6.07, 6.45) is 0.812. The Morgan fingerprint density at radius 2 is 2.20 bits per heavy atom. The molecule has 7 heteroatoms. The molecule has 1 aromatic heterocycles. The van der Waals surface area contributed by atoms with Gasteiger partial charge in [-0.15, -0.1) is 11.3 Å². The SMILES string of the molecule is CCc1sc(NC(=O)C(C)C)nc1-c1ccc2c(c1)N(C)C(=O)CO2. The van der Waals surface area contributed by atoms with Crippen molar-refractivity contribution in [3.63, 3.8) is 0 Å². The Hall–Kier alpha value is -2.41. The molecule has 1 N–H and O–H groups in total. The van der Waals surface area contributed by atoms with E-state index in [0.717, 1.165) is 28.2 Å². The van der Waals surface area contributed by atoms with Gasteiger partial charge in [-0.25, -0.2) is 4.98 Å². The molecule has 25 heavy (non-hydrogen) atoms. The number of rotatable bonds is 4. The van der Waals surface area contributed by atoms with Gasteiger partial charge in [0.05, 0.1) is 11.4 Å². The number of hydrogen-bond acceptors (Lipinski definition) is 5. The number of benzene rings is 1. The van der Waals surface area contributed by atoms with E-state index < -0.39 is 0 Å². The van der Waals surface area contributed by atoms with Gasteiger partial charge in [0.1, 0.15) is 5.75 Å². The fraction of sp³-hybridized carbons (Fsp3) is 0.389. The van der Waals surface area contributed by atoms with E-state index in [1.165, 1.54) is 11.3 Å². The molecule has 0 unspecified atom stereocenters. The molecular weight excluding hydrogens is 338 g/mol. The molecule has 0 spiro atoms. The number of aryl methyl sites for hydroxylation is 1. The number of amides is 2. The first kappa shape index (κ1) is 17.4. The van der Waals surface area contributed by atoms with Crippen molar-refractivity contribution in [2.24, 2.45) is 5.92 Å². The quantitative estimate of drug-likeness (QED) is 0.909. The molecule has 3 rings (SSSR count). The van der Waals surface area contributed by atoms with Crippen LogP contribution in [0.5, 0.6) is 5.75 Å². The molecule has 6 nitrogen and oxygen atoms in total. The van der Waals surface area contributed by atoms with Gasteiger partial charge in [-0.3, -0.25) is 9.59 Å². The van der Waals surface area contributed by atoms with Gasteiger partial charge in [-0.05, 0) is 24.6 Å². The monoisotopic (exact) mass is 359 g/mol. The van der Waals surface area contributed by atoms with Crippen molar-refractivity contribution < 1.29 is 14.3 Å². The number of carbonyl (C=O) groups excluding carboxylic acids is 2. The molecule has 0 atom stereocenters. The molecule has 0 aliphatic carbocycles. The lowest BCUT2D eigenvalue weighted by atomic mass is 10.1. The van der Waals surface area contributed by atoms with Crippen LogP contribution in [0, 0.1) is 5.92 Å². The molecule has 0 saturated heterocycles. The van der Waals surface area contributed by atoms with E-state index in [2.05, 4.69) is 17.2 Å². The molecule has 0 radical (unpaired) electrons. The van der Waals surface area contributed by atoms with Crippen molar-refractivity contribution in [2.75, 3.05) is 23.9 Å². The summed E-state index contributed by atoms with van der Waals surface area (Å²) in [6, 6.07) is 5.71. The largest absolute Gasteiger partial charge is 0.482 e. The third kappa shape index (κ3) is 3.37. The molecule has 1 aromatic carbocycles. The highest BCUT2D eigenvalue weighted by Gasteiger charge is 2.24. The van der Waals surface area contributed by atoms with E-state index >= 15 is 0 Å². The van der Waals surface area contributed by atoms with Gasteiger partial charge in [-0.2, -0.15) is 0 Å². The Labute approximate surface area is 150 Å². The number of nitrogens with zero attached hydrogens (tertiary/aromatic N) is 2. The maximum absolute atomic E-state index is 11.9. The maximum Gasteiger partial charge on any atom is 0.264 e. The summed E-state index contributed by atoms with van der Waals surface area (Å²) in [5.74, 6) is 0.459. The fourth-order valence-electron chi connectivity index (χ4n) is 2.54. The number of thiazole rings is 1. The molecule has 1 aliphatic rings. The number of carbonyl (C=O) groups is 2. The molecule has 1 aliphatic heterocycles. The summed E-state index contributed by atoms with van der Waals surface area (Å²) in [5.41, 5.74) is 2.47. The van der Waals surface area contributed by atoms with Gasteiger partial charge >= 0.3 is 0 Å². The standard InChI is InChI=1S/C18H21N3O3S/c1-5-14-16(19-18(25-14)20-17(23)10(2)3)11-6-7-13-12(8-11)21(4)15(22)9-24-13/h6-8,10H,5,9H2,1-4H3,(H,19,20,23). The van der Waals surface area contributed by atoms with Crippen LogP contribution < -0.4 is 15.0 Å². The molecule has 0 fully saturated rings. The number of ether oxygens (including phenoxy) is 1. The summed E-state index contributed by atoms with van der Waals surface area (Å²) in [5, 5.41) is 3.46. The lowest BCUT2D eigenvalue weighted by molar-refractivity contribution is -0.121. The summed E-state index contributed by atoms with van der Waals surface area (Å²) < 4.78 is 5.47. The van der Waals surface area contributed by atoms with Crippen LogP contribution in [0.4, 0.5) is 10.8 Å². The Balaban J connectivity index is 1.98. The molecule has 0 saturated carbocycles. The second-order valence-corrected chi connectivity index (χ2v) is 7.30. The van der Waals surface area contributed by atoms with Gasteiger partial charge in [0, 0.05) is 23.4 Å². The second kappa shape index (κ2) is 6.84. The zero-order chi connectivity index (χ0) is 18.1. The van der Waals surface area contributed by atoms with Crippen molar-refractivity contribution in [1.29, 1.82) is 0 Å². The van der Waals surface area contributed by atoms with Crippen LogP contribution in [-0.2, 0) is 16.0 Å². The third-order valence-corrected chi connectivity index (χ3v) is 5.21. The van der Waals surface area contributed by atoms with Crippen LogP contribution in [-0.4, -0.2) is 30.5 Å². The smallest absolute Gasteiger partial charge is 0.264 e. The summed E-state index contributed by atoms with van der Waals surface area (Å²) in [7, 11) is 1.74. The minimum Gasteiger partial charge on any atom is -0.482 e. The predicted molar refractivity (Wildman–Crippen MR) is 99.3 cm³/mol. The number of fused-ring (bicyclic) bond motifs is 1. The Morgan fingerprint density at radius 3 is 2.88 bits per heavy atom. The number of aromatic nitrogens is 1. The normalized spacial score (nSPS) is 13.6. The van der Waals surface area contributed by atoms with E-state index in [9.17, 15) is 9.59 Å². The van der Waals surface area contributed by atoms with Crippen LogP contribution in [0.2, 0.25) is 0 Å². The summed E-state index contributed by atoms with van der Waals surface area (Å²) >= 11 is 1.48. The van der Waals surface area contributed by atoms with Gasteiger partial charge in [0.2, 0.25) is 5.91 Å². The van der Waals surface area contributed by atoms with E-state index in [1.54, 1.807) is 11.9 Å². The van der Waals surface area contributed by atoms with Crippen LogP contribution >= 0.6 is 11.3 Å². The van der Waals surface area contributed by atoms with Gasteiger partial charge < -0.3 is 15.0 Å². The van der Waals surface area contributed by atoms with E-state index in [4.69, 9.17) is 4.74 Å². The second-order valence-electron chi connectivity index (χ2n) is 6.21. The molecule has 2 amide bonds. The third-order valence-electron chi connectivity index (χ3n) is 4.09. The number of hydrogen-bond donors (Lipinski definition) is 1. The topological polar surface area (TPSA) is 71.5 Å². The summed E-state index contributed by atoms with van der Waals surface area (Å²) in [6.45, 7) is 5.81. The minimum absolute atomic E-state index is 0.0490. The van der Waals surface area contributed by atoms with Crippen molar-refractivity contribution in [3.8, 4) is 17.0 Å². The average Bonchev–Trinajstić information content (AvgIpc) is 3.00. The van der Waals surface area contributed by atoms with Crippen molar-refractivity contribution in [1.82, 2.24) is 4.98 Å².